The van der Waals surface area contributed by atoms with Crippen LogP contribution < -0.4 is 10.1 Å². The van der Waals surface area contributed by atoms with Gasteiger partial charge in [0.1, 0.15) is 5.75 Å². The summed E-state index contributed by atoms with van der Waals surface area (Å²) in [6.07, 6.45) is 0.773. The first kappa shape index (κ1) is 13.8. The van der Waals surface area contributed by atoms with Gasteiger partial charge in [-0.1, -0.05) is 17.7 Å². The molecule has 4 nitrogen and oxygen atoms in total. The molecule has 0 aliphatic rings. The quantitative estimate of drug-likeness (QED) is 0.816. The standard InChI is InChI=1S/C12H16ClNO3/c1-17-11-5-2-4-10(13)9(11)8-14-12(16)6-3-7-15/h2,4-5,15H,3,6-8H2,1H3,(H,14,16). The van der Waals surface area contributed by atoms with Gasteiger partial charge in [-0.15, -0.1) is 0 Å². The van der Waals surface area contributed by atoms with E-state index in [1.54, 1.807) is 25.3 Å². The maximum absolute atomic E-state index is 11.4. The Balaban J connectivity index is 2.59. The average Bonchev–Trinajstić information content (AvgIpc) is 2.34. The number of halogens is 1. The van der Waals surface area contributed by atoms with Crippen LogP contribution in [0.2, 0.25) is 5.02 Å². The van der Waals surface area contributed by atoms with E-state index < -0.39 is 0 Å². The van der Waals surface area contributed by atoms with Gasteiger partial charge in [0.05, 0.1) is 7.11 Å². The van der Waals surface area contributed by atoms with Crippen molar-refractivity contribution in [3.63, 3.8) is 0 Å². The van der Waals surface area contributed by atoms with Crippen molar-refractivity contribution < 1.29 is 14.6 Å². The summed E-state index contributed by atoms with van der Waals surface area (Å²) in [5.41, 5.74) is 0.758. The van der Waals surface area contributed by atoms with Gasteiger partial charge in [-0.25, -0.2) is 0 Å². The highest BCUT2D eigenvalue weighted by Gasteiger charge is 2.08. The predicted molar refractivity (Wildman–Crippen MR) is 66.2 cm³/mol. The van der Waals surface area contributed by atoms with Crippen LogP contribution in [0.1, 0.15) is 18.4 Å². The van der Waals surface area contributed by atoms with Gasteiger partial charge in [-0.3, -0.25) is 4.79 Å². The molecule has 0 bridgehead atoms. The Morgan fingerprint density at radius 2 is 2.29 bits per heavy atom. The molecule has 1 aromatic carbocycles. The lowest BCUT2D eigenvalue weighted by molar-refractivity contribution is -0.121. The van der Waals surface area contributed by atoms with Gasteiger partial charge in [-0.05, 0) is 18.6 Å². The number of amides is 1. The van der Waals surface area contributed by atoms with Gasteiger partial charge < -0.3 is 15.2 Å². The molecule has 1 aromatic rings. The number of hydrogen-bond donors (Lipinski definition) is 2. The largest absolute Gasteiger partial charge is 0.496 e. The third-order valence-electron chi connectivity index (χ3n) is 2.32. The van der Waals surface area contributed by atoms with Crippen molar-refractivity contribution in [2.75, 3.05) is 13.7 Å². The molecule has 94 valence electrons. The summed E-state index contributed by atoms with van der Waals surface area (Å²) < 4.78 is 5.16. The Kier molecular flexibility index (Phi) is 5.80. The number of hydrogen-bond acceptors (Lipinski definition) is 3. The van der Waals surface area contributed by atoms with E-state index in [9.17, 15) is 4.79 Å². The number of aliphatic hydroxyl groups is 1. The summed E-state index contributed by atoms with van der Waals surface area (Å²) in [5.74, 6) is 0.543. The molecule has 0 aliphatic heterocycles. The van der Waals surface area contributed by atoms with Crippen LogP contribution in [0, 0.1) is 0 Å². The Bertz CT molecular complexity index is 382. The summed E-state index contributed by atoms with van der Waals surface area (Å²) >= 11 is 6.02. The lowest BCUT2D eigenvalue weighted by atomic mass is 10.2. The van der Waals surface area contributed by atoms with Gasteiger partial charge in [0.2, 0.25) is 5.91 Å². The van der Waals surface area contributed by atoms with Crippen molar-refractivity contribution >= 4 is 17.5 Å². The Morgan fingerprint density at radius 1 is 1.53 bits per heavy atom. The highest BCUT2D eigenvalue weighted by atomic mass is 35.5. The smallest absolute Gasteiger partial charge is 0.220 e. The van der Waals surface area contributed by atoms with E-state index >= 15 is 0 Å². The fourth-order valence-corrected chi connectivity index (χ4v) is 1.65. The number of rotatable bonds is 6. The Labute approximate surface area is 106 Å². The van der Waals surface area contributed by atoms with Crippen LogP contribution in [-0.2, 0) is 11.3 Å². The third kappa shape index (κ3) is 4.24. The van der Waals surface area contributed by atoms with Gasteiger partial charge in [-0.2, -0.15) is 0 Å². The predicted octanol–water partition coefficient (Wildman–Crippen LogP) is 1.74. The molecule has 0 heterocycles. The van der Waals surface area contributed by atoms with E-state index in [2.05, 4.69) is 5.32 Å². The Morgan fingerprint density at radius 3 is 2.94 bits per heavy atom. The molecule has 0 spiro atoms. The third-order valence-corrected chi connectivity index (χ3v) is 2.67. The lowest BCUT2D eigenvalue weighted by Gasteiger charge is -2.11. The van der Waals surface area contributed by atoms with Crippen molar-refractivity contribution in [2.24, 2.45) is 0 Å². The molecule has 0 fully saturated rings. The average molecular weight is 258 g/mol. The number of carbonyl (C=O) groups excluding carboxylic acids is 1. The van der Waals surface area contributed by atoms with Gasteiger partial charge in [0, 0.05) is 30.2 Å². The lowest BCUT2D eigenvalue weighted by Crippen LogP contribution is -2.23. The topological polar surface area (TPSA) is 58.6 Å². The zero-order chi connectivity index (χ0) is 12.7. The van der Waals surface area contributed by atoms with Gasteiger partial charge in [0.25, 0.3) is 0 Å². The number of ether oxygens (including phenoxy) is 1. The van der Waals surface area contributed by atoms with E-state index in [-0.39, 0.29) is 12.5 Å². The van der Waals surface area contributed by atoms with E-state index in [1.165, 1.54) is 0 Å². The summed E-state index contributed by atoms with van der Waals surface area (Å²) in [4.78, 5) is 11.4. The van der Waals surface area contributed by atoms with E-state index in [0.717, 1.165) is 5.56 Å². The molecule has 2 N–H and O–H groups in total. The summed E-state index contributed by atoms with van der Waals surface area (Å²) in [6, 6.07) is 5.33. The minimum Gasteiger partial charge on any atom is -0.496 e. The molecule has 0 aromatic heterocycles. The number of nitrogens with one attached hydrogen (secondary N) is 1. The molecule has 0 saturated heterocycles. The fourth-order valence-electron chi connectivity index (χ4n) is 1.42. The number of aliphatic hydroxyl groups excluding tert-OH is 1. The highest BCUT2D eigenvalue weighted by molar-refractivity contribution is 6.31. The van der Waals surface area contributed by atoms with Crippen molar-refractivity contribution in [1.82, 2.24) is 5.32 Å². The minimum atomic E-state index is -0.110. The molecule has 0 unspecified atom stereocenters. The van der Waals surface area contributed by atoms with Gasteiger partial charge >= 0.3 is 0 Å². The molecule has 0 aliphatic carbocycles. The van der Waals surface area contributed by atoms with Crippen LogP contribution in [0.25, 0.3) is 0 Å². The SMILES string of the molecule is COc1cccc(Cl)c1CNC(=O)CCCO. The first-order valence-corrected chi connectivity index (χ1v) is 5.75. The number of benzene rings is 1. The molecule has 17 heavy (non-hydrogen) atoms. The molecule has 1 rings (SSSR count). The zero-order valence-electron chi connectivity index (χ0n) is 9.70. The van der Waals surface area contributed by atoms with E-state index in [4.69, 9.17) is 21.4 Å². The van der Waals surface area contributed by atoms with Crippen LogP contribution in [0.3, 0.4) is 0 Å². The summed E-state index contributed by atoms with van der Waals surface area (Å²) in [7, 11) is 1.56. The molecule has 0 atom stereocenters. The first-order valence-electron chi connectivity index (χ1n) is 5.38. The monoisotopic (exact) mass is 257 g/mol. The summed E-state index contributed by atoms with van der Waals surface area (Å²) in [5, 5.41) is 11.9. The van der Waals surface area contributed by atoms with Crippen molar-refractivity contribution in [1.29, 1.82) is 0 Å². The molecular weight excluding hydrogens is 242 g/mol. The van der Waals surface area contributed by atoms with E-state index in [1.807, 2.05) is 0 Å². The van der Waals surface area contributed by atoms with Crippen LogP contribution in [-0.4, -0.2) is 24.7 Å². The maximum atomic E-state index is 11.4. The minimum absolute atomic E-state index is 0.0167. The second-order valence-electron chi connectivity index (χ2n) is 3.52. The van der Waals surface area contributed by atoms with Crippen LogP contribution in [0.4, 0.5) is 0 Å². The van der Waals surface area contributed by atoms with Gasteiger partial charge in [0.15, 0.2) is 0 Å². The number of carbonyl (C=O) groups is 1. The molecule has 0 radical (unpaired) electrons. The van der Waals surface area contributed by atoms with Crippen LogP contribution >= 0.6 is 11.6 Å². The van der Waals surface area contributed by atoms with E-state index in [0.29, 0.717) is 30.2 Å². The molecule has 0 saturated carbocycles. The van der Waals surface area contributed by atoms with Crippen LogP contribution in [0.15, 0.2) is 18.2 Å². The second kappa shape index (κ2) is 7.14. The summed E-state index contributed by atoms with van der Waals surface area (Å²) in [6.45, 7) is 0.343. The van der Waals surface area contributed by atoms with Crippen molar-refractivity contribution in [3.05, 3.63) is 28.8 Å². The fraction of sp³-hybridized carbons (Fsp3) is 0.417. The zero-order valence-corrected chi connectivity index (χ0v) is 10.5. The van der Waals surface area contributed by atoms with Crippen molar-refractivity contribution in [2.45, 2.75) is 19.4 Å². The first-order chi connectivity index (χ1) is 8.19. The molecular formula is C12H16ClNO3. The normalized spacial score (nSPS) is 10.1. The molecule has 1 amide bonds. The maximum Gasteiger partial charge on any atom is 0.220 e. The molecule has 5 heteroatoms. The Hall–Kier alpha value is -1.26. The highest BCUT2D eigenvalue weighted by Crippen LogP contribution is 2.25. The second-order valence-corrected chi connectivity index (χ2v) is 3.93. The number of methoxy groups -OCH3 is 1. The van der Waals surface area contributed by atoms with Crippen molar-refractivity contribution in [3.8, 4) is 5.75 Å². The van der Waals surface area contributed by atoms with Crippen LogP contribution in [0.5, 0.6) is 5.75 Å².